The number of esters is 2. The van der Waals surface area contributed by atoms with Crippen molar-refractivity contribution >= 4 is 34.2 Å². The molecule has 0 radical (unpaired) electrons. The zero-order valence-electron chi connectivity index (χ0n) is 15.1. The molecule has 0 bridgehead atoms. The molecule has 0 amide bonds. The summed E-state index contributed by atoms with van der Waals surface area (Å²) >= 11 is 0. The number of ether oxygens (including phenoxy) is 2. The first-order valence-corrected chi connectivity index (χ1v) is 9.56. The molecular formula is C17H24ClNO6S. The van der Waals surface area contributed by atoms with Gasteiger partial charge in [0.15, 0.2) is 9.84 Å². The van der Waals surface area contributed by atoms with Gasteiger partial charge in [0.1, 0.15) is 0 Å². The second kappa shape index (κ2) is 8.83. The van der Waals surface area contributed by atoms with Crippen LogP contribution in [-0.2, 0) is 24.1 Å². The lowest BCUT2D eigenvalue weighted by molar-refractivity contribution is -0.145. The van der Waals surface area contributed by atoms with E-state index in [-0.39, 0.29) is 22.9 Å². The minimum absolute atomic E-state index is 0. The minimum atomic E-state index is -3.59. The number of halogens is 1. The summed E-state index contributed by atoms with van der Waals surface area (Å²) in [5, 5.41) is 2.53. The van der Waals surface area contributed by atoms with Gasteiger partial charge in [-0.25, -0.2) is 13.2 Å². The van der Waals surface area contributed by atoms with E-state index in [0.717, 1.165) is 0 Å². The zero-order valence-corrected chi connectivity index (χ0v) is 16.8. The van der Waals surface area contributed by atoms with Gasteiger partial charge in [0, 0.05) is 6.04 Å². The Labute approximate surface area is 159 Å². The number of hydrogen-bond acceptors (Lipinski definition) is 7. The number of carbonyl (C=O) groups excluding carboxylic acids is 2. The van der Waals surface area contributed by atoms with E-state index in [2.05, 4.69) is 5.32 Å². The molecule has 0 spiro atoms. The predicted octanol–water partition coefficient (Wildman–Crippen LogP) is 1.90. The summed E-state index contributed by atoms with van der Waals surface area (Å²) in [6.45, 7) is 3.73. The average Bonchev–Trinajstić information content (AvgIpc) is 3.09. The van der Waals surface area contributed by atoms with Gasteiger partial charge in [-0.2, -0.15) is 0 Å². The first-order valence-electron chi connectivity index (χ1n) is 8.01. The van der Waals surface area contributed by atoms with E-state index < -0.39 is 39.0 Å². The van der Waals surface area contributed by atoms with Crippen LogP contribution in [0.25, 0.3) is 0 Å². The van der Waals surface area contributed by atoms with Crippen molar-refractivity contribution in [3.05, 3.63) is 29.3 Å². The van der Waals surface area contributed by atoms with Crippen LogP contribution in [0.5, 0.6) is 0 Å². The second-order valence-electron chi connectivity index (χ2n) is 6.19. The molecule has 2 rings (SSSR count). The van der Waals surface area contributed by atoms with Gasteiger partial charge >= 0.3 is 11.9 Å². The Morgan fingerprint density at radius 3 is 2.38 bits per heavy atom. The highest BCUT2D eigenvalue weighted by atomic mass is 35.5. The van der Waals surface area contributed by atoms with Crippen molar-refractivity contribution in [2.75, 3.05) is 20.8 Å². The van der Waals surface area contributed by atoms with Gasteiger partial charge in [0.05, 0.1) is 35.8 Å². The molecule has 1 aromatic rings. The summed E-state index contributed by atoms with van der Waals surface area (Å²) < 4.78 is 35.1. The molecule has 7 nitrogen and oxygen atoms in total. The van der Waals surface area contributed by atoms with Gasteiger partial charge in [0.2, 0.25) is 0 Å². The highest BCUT2D eigenvalue weighted by Crippen LogP contribution is 2.36. The van der Waals surface area contributed by atoms with Crippen molar-refractivity contribution < 1.29 is 27.5 Å². The second-order valence-corrected chi connectivity index (χ2v) is 8.66. The molecule has 0 aliphatic carbocycles. The summed E-state index contributed by atoms with van der Waals surface area (Å²) in [5.41, 5.74) is 0.627. The molecule has 1 saturated heterocycles. The average molecular weight is 406 g/mol. The van der Waals surface area contributed by atoms with Crippen LogP contribution in [0.2, 0.25) is 0 Å². The molecule has 1 aliphatic heterocycles. The first kappa shape index (κ1) is 22.4. The van der Waals surface area contributed by atoms with Gasteiger partial charge in [-0.05, 0) is 50.6 Å². The van der Waals surface area contributed by atoms with E-state index in [9.17, 15) is 18.0 Å². The third kappa shape index (κ3) is 4.19. The lowest BCUT2D eigenvalue weighted by atomic mass is 9.93. The number of carbonyl (C=O) groups is 2. The molecule has 9 heteroatoms. The lowest BCUT2D eigenvalue weighted by Gasteiger charge is -2.22. The normalized spacial score (nSPS) is 19.7. The van der Waals surface area contributed by atoms with Crippen LogP contribution in [-0.4, -0.2) is 46.4 Å². The Hall–Kier alpha value is -1.64. The highest BCUT2D eigenvalue weighted by molar-refractivity contribution is 7.92. The van der Waals surface area contributed by atoms with Crippen molar-refractivity contribution in [3.63, 3.8) is 0 Å². The minimum Gasteiger partial charge on any atom is -0.469 e. The van der Waals surface area contributed by atoms with E-state index in [0.29, 0.717) is 18.5 Å². The standard InChI is InChI=1S/C17H23NO6S.ClH/c1-10(2)25(21,22)14-6-5-11(16(19)23-3)9-13(14)15-12(7-8-18-15)17(20)24-4;/h5-6,9-10,12,15,18H,7-8H2,1-4H3;1H/t12-,15+;/m1./s1. The summed E-state index contributed by atoms with van der Waals surface area (Å²) in [6, 6.07) is 3.78. The SMILES string of the molecule is COC(=O)c1ccc(S(=O)(=O)C(C)C)c([C@H]2NCC[C@H]2C(=O)OC)c1.Cl. The van der Waals surface area contributed by atoms with Gasteiger partial charge in [-0.1, -0.05) is 0 Å². The van der Waals surface area contributed by atoms with Crippen LogP contribution >= 0.6 is 12.4 Å². The summed E-state index contributed by atoms with van der Waals surface area (Å²) in [7, 11) is -1.04. The number of rotatable bonds is 5. The molecule has 0 saturated carbocycles. The molecule has 146 valence electrons. The van der Waals surface area contributed by atoms with Crippen molar-refractivity contribution in [3.8, 4) is 0 Å². The third-order valence-electron chi connectivity index (χ3n) is 4.42. The fraction of sp³-hybridized carbons (Fsp3) is 0.529. The zero-order chi connectivity index (χ0) is 18.8. The molecule has 2 atom stereocenters. The van der Waals surface area contributed by atoms with Crippen LogP contribution in [0.3, 0.4) is 0 Å². The van der Waals surface area contributed by atoms with Crippen LogP contribution < -0.4 is 5.32 Å². The Morgan fingerprint density at radius 2 is 1.85 bits per heavy atom. The molecule has 1 fully saturated rings. The van der Waals surface area contributed by atoms with Gasteiger partial charge in [-0.3, -0.25) is 4.79 Å². The monoisotopic (exact) mass is 405 g/mol. The van der Waals surface area contributed by atoms with E-state index in [1.807, 2.05) is 0 Å². The number of benzene rings is 1. The van der Waals surface area contributed by atoms with Crippen LogP contribution in [0.4, 0.5) is 0 Å². The van der Waals surface area contributed by atoms with E-state index >= 15 is 0 Å². The van der Waals surface area contributed by atoms with Crippen molar-refractivity contribution in [2.45, 2.75) is 36.5 Å². The Kier molecular flexibility index (Phi) is 7.61. The number of methoxy groups -OCH3 is 2. The predicted molar refractivity (Wildman–Crippen MR) is 98.2 cm³/mol. The third-order valence-corrected chi connectivity index (χ3v) is 6.65. The molecule has 0 aromatic heterocycles. The maximum absolute atomic E-state index is 12.7. The molecular weight excluding hydrogens is 382 g/mol. The van der Waals surface area contributed by atoms with Crippen molar-refractivity contribution in [2.24, 2.45) is 5.92 Å². The van der Waals surface area contributed by atoms with Crippen LogP contribution in [0.1, 0.15) is 42.2 Å². The van der Waals surface area contributed by atoms with Crippen LogP contribution in [0.15, 0.2) is 23.1 Å². The van der Waals surface area contributed by atoms with Gasteiger partial charge in [0.25, 0.3) is 0 Å². The Bertz CT molecular complexity index is 777. The van der Waals surface area contributed by atoms with Crippen LogP contribution in [0, 0.1) is 5.92 Å². The topological polar surface area (TPSA) is 98.8 Å². The van der Waals surface area contributed by atoms with E-state index in [1.165, 1.54) is 32.4 Å². The maximum Gasteiger partial charge on any atom is 0.337 e. The highest BCUT2D eigenvalue weighted by Gasteiger charge is 2.38. The largest absolute Gasteiger partial charge is 0.469 e. The maximum atomic E-state index is 12.7. The fourth-order valence-electron chi connectivity index (χ4n) is 2.98. The molecule has 1 aromatic carbocycles. The summed E-state index contributed by atoms with van der Waals surface area (Å²) in [5.74, 6) is -1.49. The summed E-state index contributed by atoms with van der Waals surface area (Å²) in [4.78, 5) is 24.0. The molecule has 1 heterocycles. The van der Waals surface area contributed by atoms with Gasteiger partial charge < -0.3 is 14.8 Å². The first-order chi connectivity index (χ1) is 11.7. The number of nitrogens with one attached hydrogen (secondary N) is 1. The molecule has 1 N–H and O–H groups in total. The van der Waals surface area contributed by atoms with Crippen molar-refractivity contribution in [1.82, 2.24) is 5.32 Å². The number of hydrogen-bond donors (Lipinski definition) is 1. The van der Waals surface area contributed by atoms with E-state index in [1.54, 1.807) is 13.8 Å². The quantitative estimate of drug-likeness (QED) is 0.747. The molecule has 1 aliphatic rings. The summed E-state index contributed by atoms with van der Waals surface area (Å²) in [6.07, 6.45) is 0.529. The molecule has 26 heavy (non-hydrogen) atoms. The fourth-order valence-corrected chi connectivity index (χ4v) is 4.26. The Balaban J connectivity index is 0.00000338. The lowest BCUT2D eigenvalue weighted by Crippen LogP contribution is -2.27. The molecule has 0 unspecified atom stereocenters. The van der Waals surface area contributed by atoms with E-state index in [4.69, 9.17) is 9.47 Å². The smallest absolute Gasteiger partial charge is 0.337 e. The Morgan fingerprint density at radius 1 is 1.19 bits per heavy atom. The number of sulfone groups is 1. The van der Waals surface area contributed by atoms with Gasteiger partial charge in [-0.15, -0.1) is 12.4 Å². The van der Waals surface area contributed by atoms with Crippen molar-refractivity contribution in [1.29, 1.82) is 0 Å².